The van der Waals surface area contributed by atoms with Gasteiger partial charge in [0.05, 0.1) is 11.4 Å². The smallest absolute Gasteiger partial charge is 0.407 e. The lowest BCUT2D eigenvalue weighted by atomic mass is 9.98. The highest BCUT2D eigenvalue weighted by atomic mass is 16.5. The Morgan fingerprint density at radius 2 is 1.53 bits per heavy atom. The SMILES string of the molecule is CCN1c2ccc(CNC(=O)OCC3c4ccccc4-c4ccccc43)cc2N(CC)C1CN. The van der Waals surface area contributed by atoms with Crippen LogP contribution in [0.1, 0.15) is 36.5 Å². The van der Waals surface area contributed by atoms with E-state index in [4.69, 9.17) is 10.5 Å². The van der Waals surface area contributed by atoms with Gasteiger partial charge in [-0.25, -0.2) is 4.79 Å². The van der Waals surface area contributed by atoms with Gasteiger partial charge in [-0.3, -0.25) is 0 Å². The molecule has 0 spiro atoms. The zero-order valence-corrected chi connectivity index (χ0v) is 19.8. The molecule has 3 N–H and O–H groups in total. The minimum absolute atomic E-state index is 0.0597. The number of carbonyl (C=O) groups is 1. The number of benzene rings is 3. The van der Waals surface area contributed by atoms with Gasteiger partial charge in [0, 0.05) is 32.1 Å². The van der Waals surface area contributed by atoms with Crippen molar-refractivity contribution in [3.05, 3.63) is 83.4 Å². The second-order valence-electron chi connectivity index (χ2n) is 8.79. The van der Waals surface area contributed by atoms with Crippen LogP contribution >= 0.6 is 0 Å². The molecule has 3 aromatic rings. The molecule has 0 bridgehead atoms. The van der Waals surface area contributed by atoms with Crippen LogP contribution in [0.2, 0.25) is 0 Å². The van der Waals surface area contributed by atoms with Crippen LogP contribution in [0.4, 0.5) is 16.2 Å². The standard InChI is InChI=1S/C28H32N4O2/c1-3-31-25-14-13-19(15-26(25)32(4-2)27(31)16-29)17-30-28(33)34-18-24-22-11-7-5-9-20(22)21-10-6-8-12-23(21)24/h5-15,24,27H,3-4,16-18,29H2,1-2H3,(H,30,33). The van der Waals surface area contributed by atoms with Crippen molar-refractivity contribution in [1.29, 1.82) is 0 Å². The predicted molar refractivity (Wildman–Crippen MR) is 137 cm³/mol. The van der Waals surface area contributed by atoms with E-state index in [1.807, 2.05) is 12.1 Å². The molecule has 6 nitrogen and oxygen atoms in total. The number of hydrogen-bond acceptors (Lipinski definition) is 5. The number of nitrogens with zero attached hydrogens (tertiary/aromatic N) is 2. The van der Waals surface area contributed by atoms with Gasteiger partial charge in [-0.15, -0.1) is 0 Å². The molecule has 5 rings (SSSR count). The first kappa shape index (κ1) is 22.3. The number of nitrogens with one attached hydrogen (secondary N) is 1. The Morgan fingerprint density at radius 1 is 0.912 bits per heavy atom. The summed E-state index contributed by atoms with van der Waals surface area (Å²) in [6, 6.07) is 23.1. The molecule has 0 saturated heterocycles. The fraction of sp³-hybridized carbons (Fsp3) is 0.321. The summed E-state index contributed by atoms with van der Waals surface area (Å²) in [7, 11) is 0. The van der Waals surface area contributed by atoms with Gasteiger partial charge in [-0.1, -0.05) is 54.6 Å². The molecule has 0 saturated carbocycles. The highest BCUT2D eigenvalue weighted by Crippen LogP contribution is 2.44. The molecule has 1 atom stereocenters. The molecule has 0 fully saturated rings. The van der Waals surface area contributed by atoms with E-state index in [1.165, 1.54) is 33.6 Å². The summed E-state index contributed by atoms with van der Waals surface area (Å²) in [5.41, 5.74) is 14.4. The summed E-state index contributed by atoms with van der Waals surface area (Å²) in [4.78, 5) is 17.2. The zero-order valence-electron chi connectivity index (χ0n) is 19.8. The maximum atomic E-state index is 12.6. The minimum atomic E-state index is -0.398. The first-order chi connectivity index (χ1) is 16.7. The number of nitrogens with two attached hydrogens (primary N) is 1. The number of anilines is 2. The van der Waals surface area contributed by atoms with Gasteiger partial charge < -0.3 is 25.6 Å². The molecule has 34 heavy (non-hydrogen) atoms. The van der Waals surface area contributed by atoms with E-state index in [-0.39, 0.29) is 12.1 Å². The molecule has 0 radical (unpaired) electrons. The van der Waals surface area contributed by atoms with E-state index in [9.17, 15) is 4.79 Å². The van der Waals surface area contributed by atoms with Crippen molar-refractivity contribution < 1.29 is 9.53 Å². The van der Waals surface area contributed by atoms with Crippen molar-refractivity contribution in [2.24, 2.45) is 5.73 Å². The van der Waals surface area contributed by atoms with Gasteiger partial charge in [0.25, 0.3) is 0 Å². The lowest BCUT2D eigenvalue weighted by molar-refractivity contribution is 0.142. The molecule has 0 aromatic heterocycles. The van der Waals surface area contributed by atoms with Crippen molar-refractivity contribution in [3.63, 3.8) is 0 Å². The Hall–Kier alpha value is -3.51. The largest absolute Gasteiger partial charge is 0.449 e. The molecule has 1 aliphatic carbocycles. The van der Waals surface area contributed by atoms with Crippen molar-refractivity contribution in [1.82, 2.24) is 5.32 Å². The average Bonchev–Trinajstić information content (AvgIpc) is 3.37. The lowest BCUT2D eigenvalue weighted by Gasteiger charge is -2.30. The van der Waals surface area contributed by atoms with Gasteiger partial charge in [0.15, 0.2) is 0 Å². The molecule has 3 aromatic carbocycles. The second kappa shape index (κ2) is 9.39. The van der Waals surface area contributed by atoms with Crippen LogP contribution < -0.4 is 20.9 Å². The first-order valence-corrected chi connectivity index (χ1v) is 12.1. The molecule has 176 valence electrons. The molecule has 2 aliphatic rings. The third kappa shape index (κ3) is 3.78. The van der Waals surface area contributed by atoms with E-state index in [0.717, 1.165) is 18.7 Å². The normalized spacial score (nSPS) is 16.3. The Balaban J connectivity index is 1.24. The molecular formula is C28H32N4O2. The fourth-order valence-corrected chi connectivity index (χ4v) is 5.48. The monoisotopic (exact) mass is 456 g/mol. The topological polar surface area (TPSA) is 70.8 Å². The average molecular weight is 457 g/mol. The van der Waals surface area contributed by atoms with Gasteiger partial charge in [-0.05, 0) is 53.8 Å². The van der Waals surface area contributed by atoms with Crippen molar-refractivity contribution in [2.45, 2.75) is 32.5 Å². The number of likely N-dealkylation sites (N-methyl/N-ethyl adjacent to an activating group) is 2. The van der Waals surface area contributed by atoms with E-state index in [2.05, 4.69) is 83.6 Å². The fourth-order valence-electron chi connectivity index (χ4n) is 5.48. The van der Waals surface area contributed by atoms with Gasteiger partial charge in [0.1, 0.15) is 12.8 Å². The quantitative estimate of drug-likeness (QED) is 0.540. The van der Waals surface area contributed by atoms with E-state index >= 15 is 0 Å². The van der Waals surface area contributed by atoms with E-state index < -0.39 is 6.09 Å². The minimum Gasteiger partial charge on any atom is -0.449 e. The molecule has 1 amide bonds. The summed E-state index contributed by atoms with van der Waals surface area (Å²) >= 11 is 0. The van der Waals surface area contributed by atoms with Crippen LogP contribution in [-0.4, -0.2) is 38.5 Å². The summed E-state index contributed by atoms with van der Waals surface area (Å²) in [5, 5.41) is 2.93. The summed E-state index contributed by atoms with van der Waals surface area (Å²) in [5.74, 6) is 0.0597. The summed E-state index contributed by atoms with van der Waals surface area (Å²) in [6.07, 6.45) is -0.222. The second-order valence-corrected chi connectivity index (χ2v) is 8.79. The van der Waals surface area contributed by atoms with E-state index in [0.29, 0.717) is 19.7 Å². The van der Waals surface area contributed by atoms with Crippen LogP contribution in [0.5, 0.6) is 0 Å². The van der Waals surface area contributed by atoms with E-state index in [1.54, 1.807) is 0 Å². The van der Waals surface area contributed by atoms with Crippen LogP contribution in [0.3, 0.4) is 0 Å². The Bertz CT molecular complexity index is 1150. The molecule has 6 heteroatoms. The van der Waals surface area contributed by atoms with Gasteiger partial charge >= 0.3 is 6.09 Å². The molecule has 1 aliphatic heterocycles. The number of hydrogen-bond donors (Lipinski definition) is 2. The number of ether oxygens (including phenoxy) is 1. The lowest BCUT2D eigenvalue weighted by Crippen LogP contribution is -2.48. The van der Waals surface area contributed by atoms with Crippen LogP contribution in [0.15, 0.2) is 66.7 Å². The third-order valence-corrected chi connectivity index (χ3v) is 7.05. The van der Waals surface area contributed by atoms with Crippen molar-refractivity contribution in [2.75, 3.05) is 36.0 Å². The van der Waals surface area contributed by atoms with Crippen LogP contribution in [0.25, 0.3) is 11.1 Å². The first-order valence-electron chi connectivity index (χ1n) is 12.1. The van der Waals surface area contributed by atoms with Gasteiger partial charge in [0.2, 0.25) is 0 Å². The summed E-state index contributed by atoms with van der Waals surface area (Å²) < 4.78 is 5.68. The Kier molecular flexibility index (Phi) is 6.16. The highest BCUT2D eigenvalue weighted by Gasteiger charge is 2.33. The van der Waals surface area contributed by atoms with Gasteiger partial charge in [-0.2, -0.15) is 0 Å². The maximum Gasteiger partial charge on any atom is 0.407 e. The predicted octanol–water partition coefficient (Wildman–Crippen LogP) is 4.68. The number of carbonyl (C=O) groups excluding carboxylic acids is 1. The van der Waals surface area contributed by atoms with Crippen molar-refractivity contribution >= 4 is 17.5 Å². The maximum absolute atomic E-state index is 12.6. The van der Waals surface area contributed by atoms with Crippen molar-refractivity contribution in [3.8, 4) is 11.1 Å². The number of rotatable bonds is 7. The Labute approximate surface area is 201 Å². The molecule has 1 heterocycles. The van der Waals surface area contributed by atoms with Crippen LogP contribution in [0, 0.1) is 0 Å². The molecule has 1 unspecified atom stereocenters. The number of amides is 1. The number of alkyl carbamates (subject to hydrolysis) is 1. The Morgan fingerprint density at radius 3 is 2.15 bits per heavy atom. The molecular weight excluding hydrogens is 424 g/mol. The number of fused-ring (bicyclic) bond motifs is 4. The zero-order chi connectivity index (χ0) is 23.7. The third-order valence-electron chi connectivity index (χ3n) is 7.05. The highest BCUT2D eigenvalue weighted by molar-refractivity contribution is 5.80. The van der Waals surface area contributed by atoms with Crippen LogP contribution in [-0.2, 0) is 11.3 Å². The summed E-state index contributed by atoms with van der Waals surface area (Å²) in [6.45, 7) is 7.39.